The van der Waals surface area contributed by atoms with Gasteiger partial charge in [0.25, 0.3) is 0 Å². The zero-order chi connectivity index (χ0) is 18.7. The van der Waals surface area contributed by atoms with Crippen molar-refractivity contribution < 1.29 is 4.79 Å². The molecule has 134 valence electrons. The predicted octanol–water partition coefficient (Wildman–Crippen LogP) is 4.83. The second kappa shape index (κ2) is 8.11. The topological polar surface area (TPSA) is 65.8 Å². The molecule has 0 saturated carbocycles. The van der Waals surface area contributed by atoms with E-state index in [0.29, 0.717) is 21.3 Å². The number of pyridine rings is 1. The Labute approximate surface area is 163 Å². The number of aromatic nitrogens is 1. The summed E-state index contributed by atoms with van der Waals surface area (Å²) >= 11 is 7.54. The van der Waals surface area contributed by atoms with Gasteiger partial charge in [-0.1, -0.05) is 29.4 Å². The van der Waals surface area contributed by atoms with Crippen LogP contribution < -0.4 is 5.32 Å². The number of benzene rings is 1. The Bertz CT molecular complexity index is 882. The molecule has 0 saturated heterocycles. The molecule has 1 aliphatic carbocycles. The SMILES string of the molecule is Cc1cc(C)c(NC(=O)CSc2nc3c(cc2C#N)CCCC3)c(Cl)c1. The second-order valence-electron chi connectivity index (χ2n) is 6.54. The van der Waals surface area contributed by atoms with Crippen LogP contribution in [0.1, 0.15) is 40.8 Å². The molecular formula is C20H20ClN3OS. The summed E-state index contributed by atoms with van der Waals surface area (Å²) in [6.45, 7) is 3.88. The van der Waals surface area contributed by atoms with Crippen molar-refractivity contribution in [1.82, 2.24) is 4.98 Å². The average molecular weight is 386 g/mol. The van der Waals surface area contributed by atoms with E-state index in [1.807, 2.05) is 32.0 Å². The van der Waals surface area contributed by atoms with E-state index >= 15 is 0 Å². The maximum Gasteiger partial charge on any atom is 0.234 e. The molecule has 1 aliphatic rings. The van der Waals surface area contributed by atoms with Crippen LogP contribution in [0.5, 0.6) is 0 Å². The summed E-state index contributed by atoms with van der Waals surface area (Å²) in [5, 5.41) is 13.4. The average Bonchev–Trinajstić information content (AvgIpc) is 2.62. The van der Waals surface area contributed by atoms with Crippen molar-refractivity contribution in [3.63, 3.8) is 0 Å². The van der Waals surface area contributed by atoms with Crippen LogP contribution in [-0.4, -0.2) is 16.6 Å². The summed E-state index contributed by atoms with van der Waals surface area (Å²) in [6.07, 6.45) is 4.19. The number of halogens is 1. The molecule has 3 rings (SSSR count). The lowest BCUT2D eigenvalue weighted by molar-refractivity contribution is -0.113. The quantitative estimate of drug-likeness (QED) is 0.765. The number of thioether (sulfide) groups is 1. The van der Waals surface area contributed by atoms with Crippen LogP contribution in [0.2, 0.25) is 5.02 Å². The fourth-order valence-corrected chi connectivity index (χ4v) is 4.33. The normalized spacial score (nSPS) is 13.0. The van der Waals surface area contributed by atoms with E-state index in [4.69, 9.17) is 11.6 Å². The number of fused-ring (bicyclic) bond motifs is 1. The van der Waals surface area contributed by atoms with Gasteiger partial charge in [0.2, 0.25) is 5.91 Å². The highest BCUT2D eigenvalue weighted by molar-refractivity contribution is 8.00. The molecule has 0 fully saturated rings. The molecule has 4 nitrogen and oxygen atoms in total. The Morgan fingerprint density at radius 1 is 1.31 bits per heavy atom. The van der Waals surface area contributed by atoms with Gasteiger partial charge in [-0.15, -0.1) is 0 Å². The third-order valence-electron chi connectivity index (χ3n) is 4.42. The number of carbonyl (C=O) groups excluding carboxylic acids is 1. The maximum atomic E-state index is 12.4. The maximum absolute atomic E-state index is 12.4. The largest absolute Gasteiger partial charge is 0.324 e. The number of hydrogen-bond donors (Lipinski definition) is 1. The van der Waals surface area contributed by atoms with Gasteiger partial charge in [0.05, 0.1) is 22.0 Å². The summed E-state index contributed by atoms with van der Waals surface area (Å²) in [6, 6.07) is 7.95. The lowest BCUT2D eigenvalue weighted by Gasteiger charge is -2.16. The molecule has 1 aromatic heterocycles. The summed E-state index contributed by atoms with van der Waals surface area (Å²) in [4.78, 5) is 17.0. The number of aryl methyl sites for hydroxylation is 4. The number of nitriles is 1. The minimum atomic E-state index is -0.160. The van der Waals surface area contributed by atoms with Crippen molar-refractivity contribution in [1.29, 1.82) is 5.26 Å². The zero-order valence-corrected chi connectivity index (χ0v) is 16.4. The summed E-state index contributed by atoms with van der Waals surface area (Å²) in [7, 11) is 0. The molecule has 0 atom stereocenters. The van der Waals surface area contributed by atoms with Crippen molar-refractivity contribution in [2.75, 3.05) is 11.1 Å². The Morgan fingerprint density at radius 2 is 2.08 bits per heavy atom. The van der Waals surface area contributed by atoms with E-state index in [0.717, 1.165) is 42.5 Å². The highest BCUT2D eigenvalue weighted by atomic mass is 35.5. The standard InChI is InChI=1S/C20H20ClN3OS/c1-12-7-13(2)19(16(21)8-12)24-18(25)11-26-20-15(10-22)9-14-5-3-4-6-17(14)23-20/h7-9H,3-6,11H2,1-2H3,(H,24,25). The Kier molecular flexibility index (Phi) is 5.85. The minimum Gasteiger partial charge on any atom is -0.324 e. The van der Waals surface area contributed by atoms with E-state index < -0.39 is 0 Å². The number of carbonyl (C=O) groups is 1. The fourth-order valence-electron chi connectivity index (χ4n) is 3.19. The van der Waals surface area contributed by atoms with E-state index in [1.54, 1.807) is 0 Å². The summed E-state index contributed by atoms with van der Waals surface area (Å²) in [5.74, 6) is 0.0247. The van der Waals surface area contributed by atoms with Crippen LogP contribution >= 0.6 is 23.4 Å². The molecule has 0 radical (unpaired) electrons. The third kappa shape index (κ3) is 4.20. The van der Waals surface area contributed by atoms with E-state index in [9.17, 15) is 10.1 Å². The van der Waals surface area contributed by atoms with Gasteiger partial charge in [-0.25, -0.2) is 4.98 Å². The van der Waals surface area contributed by atoms with Crippen LogP contribution in [0, 0.1) is 25.2 Å². The zero-order valence-electron chi connectivity index (χ0n) is 14.9. The number of amides is 1. The Morgan fingerprint density at radius 3 is 2.81 bits per heavy atom. The molecule has 2 aromatic rings. The van der Waals surface area contributed by atoms with Crippen molar-refractivity contribution in [2.45, 2.75) is 44.6 Å². The lowest BCUT2D eigenvalue weighted by atomic mass is 9.95. The van der Waals surface area contributed by atoms with Crippen LogP contribution in [0.25, 0.3) is 0 Å². The van der Waals surface area contributed by atoms with Crippen molar-refractivity contribution in [2.24, 2.45) is 0 Å². The monoisotopic (exact) mass is 385 g/mol. The van der Waals surface area contributed by atoms with Crippen molar-refractivity contribution >= 4 is 35.0 Å². The highest BCUT2D eigenvalue weighted by Crippen LogP contribution is 2.29. The molecule has 1 amide bonds. The molecule has 0 bridgehead atoms. The molecule has 0 aliphatic heterocycles. The van der Waals surface area contributed by atoms with Gasteiger partial charge in [-0.2, -0.15) is 5.26 Å². The number of rotatable bonds is 4. The van der Waals surface area contributed by atoms with Crippen LogP contribution in [0.3, 0.4) is 0 Å². The van der Waals surface area contributed by atoms with E-state index in [1.165, 1.54) is 17.3 Å². The first-order valence-corrected chi connectivity index (χ1v) is 9.96. The van der Waals surface area contributed by atoms with Gasteiger partial charge < -0.3 is 5.32 Å². The molecular weight excluding hydrogens is 366 g/mol. The lowest BCUT2D eigenvalue weighted by Crippen LogP contribution is -2.16. The number of hydrogen-bond acceptors (Lipinski definition) is 4. The molecule has 1 N–H and O–H groups in total. The van der Waals surface area contributed by atoms with Gasteiger partial charge in [0.1, 0.15) is 11.1 Å². The molecule has 1 heterocycles. The first-order chi connectivity index (χ1) is 12.5. The third-order valence-corrected chi connectivity index (χ3v) is 5.71. The fraction of sp³-hybridized carbons (Fsp3) is 0.350. The molecule has 6 heteroatoms. The van der Waals surface area contributed by atoms with Crippen molar-refractivity contribution in [3.8, 4) is 6.07 Å². The smallest absolute Gasteiger partial charge is 0.234 e. The minimum absolute atomic E-state index is 0.160. The van der Waals surface area contributed by atoms with Gasteiger partial charge in [0, 0.05) is 5.69 Å². The number of nitrogens with zero attached hydrogens (tertiary/aromatic N) is 2. The van der Waals surface area contributed by atoms with E-state index in [-0.39, 0.29) is 11.7 Å². The van der Waals surface area contributed by atoms with Crippen molar-refractivity contribution in [3.05, 3.63) is 51.2 Å². The summed E-state index contributed by atoms with van der Waals surface area (Å²) in [5.41, 5.74) is 5.41. The highest BCUT2D eigenvalue weighted by Gasteiger charge is 2.17. The molecule has 26 heavy (non-hydrogen) atoms. The second-order valence-corrected chi connectivity index (χ2v) is 7.91. The van der Waals surface area contributed by atoms with Crippen LogP contribution in [-0.2, 0) is 17.6 Å². The molecule has 0 unspecified atom stereocenters. The number of nitrogens with one attached hydrogen (secondary N) is 1. The van der Waals surface area contributed by atoms with Gasteiger partial charge >= 0.3 is 0 Å². The first kappa shape index (κ1) is 18.8. The van der Waals surface area contributed by atoms with Gasteiger partial charge in [-0.3, -0.25) is 4.79 Å². The van der Waals surface area contributed by atoms with Crippen LogP contribution in [0.15, 0.2) is 23.2 Å². The van der Waals surface area contributed by atoms with Gasteiger partial charge in [-0.05, 0) is 68.4 Å². The predicted molar refractivity (Wildman–Crippen MR) is 106 cm³/mol. The number of anilines is 1. The summed E-state index contributed by atoms with van der Waals surface area (Å²) < 4.78 is 0. The molecule has 0 spiro atoms. The first-order valence-electron chi connectivity index (χ1n) is 8.60. The Hall–Kier alpha value is -2.03. The van der Waals surface area contributed by atoms with E-state index in [2.05, 4.69) is 16.4 Å². The van der Waals surface area contributed by atoms with Gasteiger partial charge in [0.15, 0.2) is 0 Å². The van der Waals surface area contributed by atoms with Crippen LogP contribution in [0.4, 0.5) is 5.69 Å². The molecule has 1 aromatic carbocycles. The Balaban J connectivity index is 1.71.